The molecule has 9 heteroatoms. The van der Waals surface area contributed by atoms with Crippen molar-refractivity contribution in [1.29, 1.82) is 0 Å². The van der Waals surface area contributed by atoms with Crippen molar-refractivity contribution in [1.82, 2.24) is 19.3 Å². The zero-order valence-corrected chi connectivity index (χ0v) is 18.1. The Balaban J connectivity index is 1.27. The SMILES string of the molecule is Cc1cc(CN2CCN(C(=O)C3CCN(S(=O)(=O)c4ccccc4)CC3)CC2)on1. The van der Waals surface area contributed by atoms with Gasteiger partial charge in [0.2, 0.25) is 15.9 Å². The quantitative estimate of drug-likeness (QED) is 0.715. The lowest BCUT2D eigenvalue weighted by atomic mass is 9.96. The van der Waals surface area contributed by atoms with Crippen LogP contribution in [0.1, 0.15) is 24.3 Å². The molecule has 3 heterocycles. The van der Waals surface area contributed by atoms with Gasteiger partial charge in [-0.2, -0.15) is 4.31 Å². The second-order valence-corrected chi connectivity index (χ2v) is 9.97. The maximum atomic E-state index is 13.0. The fourth-order valence-corrected chi connectivity index (χ4v) is 5.67. The summed E-state index contributed by atoms with van der Waals surface area (Å²) >= 11 is 0. The molecule has 0 spiro atoms. The van der Waals surface area contributed by atoms with Gasteiger partial charge >= 0.3 is 0 Å². The molecular formula is C21H28N4O4S. The highest BCUT2D eigenvalue weighted by molar-refractivity contribution is 7.89. The van der Waals surface area contributed by atoms with E-state index in [0.29, 0.717) is 50.5 Å². The molecule has 0 bridgehead atoms. The van der Waals surface area contributed by atoms with Gasteiger partial charge < -0.3 is 9.42 Å². The third kappa shape index (κ3) is 4.58. The first-order chi connectivity index (χ1) is 14.4. The van der Waals surface area contributed by atoms with Crippen LogP contribution in [0.5, 0.6) is 0 Å². The van der Waals surface area contributed by atoms with E-state index in [2.05, 4.69) is 10.1 Å². The Morgan fingerprint density at radius 3 is 2.33 bits per heavy atom. The van der Waals surface area contributed by atoms with Crippen LogP contribution in [0.15, 0.2) is 45.8 Å². The van der Waals surface area contributed by atoms with Crippen LogP contribution in [0.2, 0.25) is 0 Å². The number of aryl methyl sites for hydroxylation is 1. The number of nitrogens with zero attached hydrogens (tertiary/aromatic N) is 4. The maximum absolute atomic E-state index is 13.0. The van der Waals surface area contributed by atoms with Crippen LogP contribution in [0.4, 0.5) is 0 Å². The smallest absolute Gasteiger partial charge is 0.243 e. The molecule has 162 valence electrons. The molecule has 30 heavy (non-hydrogen) atoms. The van der Waals surface area contributed by atoms with E-state index in [-0.39, 0.29) is 11.8 Å². The molecule has 2 aliphatic rings. The Labute approximate surface area is 177 Å². The molecule has 0 atom stereocenters. The molecule has 2 aromatic rings. The van der Waals surface area contributed by atoms with Gasteiger partial charge in [-0.3, -0.25) is 9.69 Å². The minimum atomic E-state index is -3.48. The molecule has 2 aliphatic heterocycles. The third-order valence-corrected chi connectivity index (χ3v) is 7.84. The summed E-state index contributed by atoms with van der Waals surface area (Å²) in [6, 6.07) is 10.4. The van der Waals surface area contributed by atoms with Gasteiger partial charge in [-0.1, -0.05) is 23.4 Å². The maximum Gasteiger partial charge on any atom is 0.243 e. The normalized spacial score (nSPS) is 19.8. The van der Waals surface area contributed by atoms with E-state index < -0.39 is 10.0 Å². The molecule has 0 unspecified atom stereocenters. The lowest BCUT2D eigenvalue weighted by Gasteiger charge is -2.38. The molecule has 0 saturated carbocycles. The van der Waals surface area contributed by atoms with E-state index in [0.717, 1.165) is 24.5 Å². The fourth-order valence-electron chi connectivity index (χ4n) is 4.18. The standard InChI is InChI=1S/C21H28N4O4S/c1-17-15-19(29-22-17)16-23-11-13-24(14-12-23)21(26)18-7-9-25(10-8-18)30(27,28)20-5-3-2-4-6-20/h2-6,15,18H,7-14,16H2,1H3. The van der Waals surface area contributed by atoms with Crippen LogP contribution in [-0.4, -0.2) is 72.9 Å². The predicted octanol–water partition coefficient (Wildman–Crippen LogP) is 1.73. The van der Waals surface area contributed by atoms with Crippen LogP contribution in [-0.2, 0) is 21.4 Å². The van der Waals surface area contributed by atoms with E-state index in [1.54, 1.807) is 30.3 Å². The number of carbonyl (C=O) groups excluding carboxylic acids is 1. The number of carbonyl (C=O) groups is 1. The van der Waals surface area contributed by atoms with Gasteiger partial charge in [0.15, 0.2) is 5.76 Å². The van der Waals surface area contributed by atoms with Gasteiger partial charge in [0.05, 0.1) is 17.1 Å². The fraction of sp³-hybridized carbons (Fsp3) is 0.524. The average molecular weight is 433 g/mol. The van der Waals surface area contributed by atoms with Crippen molar-refractivity contribution in [2.75, 3.05) is 39.3 Å². The lowest BCUT2D eigenvalue weighted by molar-refractivity contribution is -0.138. The van der Waals surface area contributed by atoms with Crippen molar-refractivity contribution in [3.63, 3.8) is 0 Å². The lowest BCUT2D eigenvalue weighted by Crippen LogP contribution is -2.51. The van der Waals surface area contributed by atoms with E-state index in [1.807, 2.05) is 17.9 Å². The van der Waals surface area contributed by atoms with E-state index in [1.165, 1.54) is 4.31 Å². The van der Waals surface area contributed by atoms with Crippen molar-refractivity contribution in [2.24, 2.45) is 5.92 Å². The summed E-state index contributed by atoms with van der Waals surface area (Å²) in [6.07, 6.45) is 1.14. The van der Waals surface area contributed by atoms with Crippen molar-refractivity contribution in [2.45, 2.75) is 31.2 Å². The summed E-state index contributed by atoms with van der Waals surface area (Å²) < 4.78 is 32.3. The van der Waals surface area contributed by atoms with Gasteiger partial charge in [-0.25, -0.2) is 8.42 Å². The first kappa shape index (κ1) is 21.0. The molecule has 0 aliphatic carbocycles. The van der Waals surface area contributed by atoms with Gasteiger partial charge in [-0.15, -0.1) is 0 Å². The van der Waals surface area contributed by atoms with Gasteiger partial charge in [0.25, 0.3) is 0 Å². The first-order valence-electron chi connectivity index (χ1n) is 10.4. The summed E-state index contributed by atoms with van der Waals surface area (Å²) in [5, 5.41) is 3.92. The molecule has 1 amide bonds. The molecular weight excluding hydrogens is 404 g/mol. The number of piperidine rings is 1. The number of amides is 1. The van der Waals surface area contributed by atoms with Crippen molar-refractivity contribution < 1.29 is 17.7 Å². The van der Waals surface area contributed by atoms with E-state index >= 15 is 0 Å². The Kier molecular flexibility index (Phi) is 6.21. The highest BCUT2D eigenvalue weighted by Crippen LogP contribution is 2.25. The number of hydrogen-bond donors (Lipinski definition) is 0. The Morgan fingerprint density at radius 1 is 1.07 bits per heavy atom. The second kappa shape index (κ2) is 8.87. The molecule has 2 saturated heterocycles. The topological polar surface area (TPSA) is 87.0 Å². The molecule has 0 N–H and O–H groups in total. The highest BCUT2D eigenvalue weighted by atomic mass is 32.2. The molecule has 1 aromatic heterocycles. The van der Waals surface area contributed by atoms with E-state index in [9.17, 15) is 13.2 Å². The summed E-state index contributed by atoms with van der Waals surface area (Å²) in [5.74, 6) is 0.900. The van der Waals surface area contributed by atoms with Gasteiger partial charge in [-0.05, 0) is 31.9 Å². The Morgan fingerprint density at radius 2 is 1.73 bits per heavy atom. The van der Waals surface area contributed by atoms with Crippen LogP contribution in [0.3, 0.4) is 0 Å². The predicted molar refractivity (Wildman–Crippen MR) is 111 cm³/mol. The van der Waals surface area contributed by atoms with Crippen LogP contribution < -0.4 is 0 Å². The minimum Gasteiger partial charge on any atom is -0.360 e. The number of rotatable bonds is 5. The minimum absolute atomic E-state index is 0.101. The number of benzene rings is 1. The third-order valence-electron chi connectivity index (χ3n) is 5.92. The number of piperazine rings is 1. The van der Waals surface area contributed by atoms with Crippen molar-refractivity contribution in [3.05, 3.63) is 47.9 Å². The number of sulfonamides is 1. The summed E-state index contributed by atoms with van der Waals surface area (Å²) in [6.45, 7) is 6.36. The zero-order valence-electron chi connectivity index (χ0n) is 17.2. The summed E-state index contributed by atoms with van der Waals surface area (Å²) in [5.41, 5.74) is 0.874. The Hall–Kier alpha value is -2.23. The molecule has 4 rings (SSSR count). The second-order valence-electron chi connectivity index (χ2n) is 8.03. The van der Waals surface area contributed by atoms with Crippen LogP contribution in [0, 0.1) is 12.8 Å². The van der Waals surface area contributed by atoms with Crippen LogP contribution >= 0.6 is 0 Å². The molecule has 0 radical (unpaired) electrons. The highest BCUT2D eigenvalue weighted by Gasteiger charge is 2.34. The zero-order chi connectivity index (χ0) is 21.1. The number of hydrogen-bond acceptors (Lipinski definition) is 6. The molecule has 2 fully saturated rings. The monoisotopic (exact) mass is 432 g/mol. The molecule has 1 aromatic carbocycles. The first-order valence-corrected chi connectivity index (χ1v) is 11.9. The molecule has 8 nitrogen and oxygen atoms in total. The van der Waals surface area contributed by atoms with Crippen LogP contribution in [0.25, 0.3) is 0 Å². The van der Waals surface area contributed by atoms with Gasteiger partial charge in [0, 0.05) is 51.3 Å². The Bertz CT molecular complexity index is 960. The summed E-state index contributed by atoms with van der Waals surface area (Å²) in [7, 11) is -3.48. The van der Waals surface area contributed by atoms with E-state index in [4.69, 9.17) is 4.52 Å². The van der Waals surface area contributed by atoms with Crippen molar-refractivity contribution in [3.8, 4) is 0 Å². The largest absolute Gasteiger partial charge is 0.360 e. The number of aromatic nitrogens is 1. The van der Waals surface area contributed by atoms with Gasteiger partial charge in [0.1, 0.15) is 0 Å². The van der Waals surface area contributed by atoms with Crippen molar-refractivity contribution >= 4 is 15.9 Å². The average Bonchev–Trinajstić information content (AvgIpc) is 3.19. The summed E-state index contributed by atoms with van der Waals surface area (Å²) in [4.78, 5) is 17.5.